The number of benzene rings is 3. The van der Waals surface area contributed by atoms with E-state index in [1.54, 1.807) is 54.6 Å². The summed E-state index contributed by atoms with van der Waals surface area (Å²) in [6.07, 6.45) is 5.70. The zero-order valence-corrected chi connectivity index (χ0v) is 24.6. The molecule has 1 heterocycles. The van der Waals surface area contributed by atoms with Crippen molar-refractivity contribution in [1.29, 1.82) is 0 Å². The maximum atomic E-state index is 11.0. The number of hydrogen-bond acceptors (Lipinski definition) is 9. The average molecular weight is 573 g/mol. The van der Waals surface area contributed by atoms with Crippen molar-refractivity contribution in [1.82, 2.24) is 15.0 Å². The molecule has 1 aromatic heterocycles. The van der Waals surface area contributed by atoms with Gasteiger partial charge in [-0.15, -0.1) is 0 Å². The zero-order chi connectivity index (χ0) is 29.9. The van der Waals surface area contributed by atoms with Gasteiger partial charge >= 0.3 is 0 Å². The molecule has 0 unspecified atom stereocenters. The average Bonchev–Trinajstić information content (AvgIpc) is 2.97. The van der Waals surface area contributed by atoms with Gasteiger partial charge in [0.15, 0.2) is 17.5 Å². The number of anilines is 1. The van der Waals surface area contributed by atoms with Gasteiger partial charge in [0, 0.05) is 23.9 Å². The van der Waals surface area contributed by atoms with E-state index in [0.717, 1.165) is 38.5 Å². The quantitative estimate of drug-likeness (QED) is 0.0984. The molecule has 0 aliphatic rings. The highest BCUT2D eigenvalue weighted by Crippen LogP contribution is 2.37. The summed E-state index contributed by atoms with van der Waals surface area (Å²) in [7, 11) is 0. The van der Waals surface area contributed by atoms with Crippen molar-refractivity contribution >= 4 is 5.69 Å². The summed E-state index contributed by atoms with van der Waals surface area (Å²) >= 11 is 0. The molecule has 0 radical (unpaired) electrons. The van der Waals surface area contributed by atoms with Crippen LogP contribution in [0.4, 0.5) is 5.69 Å². The van der Waals surface area contributed by atoms with Gasteiger partial charge in [0.05, 0.1) is 36.5 Å². The molecule has 9 nitrogen and oxygen atoms in total. The molecule has 4 rings (SSSR count). The van der Waals surface area contributed by atoms with Crippen molar-refractivity contribution in [3.63, 3.8) is 0 Å². The maximum absolute atomic E-state index is 11.0. The first-order valence-corrected chi connectivity index (χ1v) is 14.6. The number of phenolic OH excluding ortho intramolecular Hbond substituents is 2. The maximum Gasteiger partial charge on any atom is 0.167 e. The highest BCUT2D eigenvalue weighted by molar-refractivity contribution is 5.75. The summed E-state index contributed by atoms with van der Waals surface area (Å²) in [6, 6.07) is 15.4. The van der Waals surface area contributed by atoms with E-state index < -0.39 is 0 Å². The Labute approximate surface area is 247 Å². The topological polar surface area (TPSA) is 133 Å². The normalized spacial score (nSPS) is 10.9. The van der Waals surface area contributed by atoms with Crippen molar-refractivity contribution in [2.75, 3.05) is 25.6 Å². The Balaban J connectivity index is 1.81. The second-order valence-corrected chi connectivity index (χ2v) is 10.0. The Morgan fingerprint density at radius 3 is 1.45 bits per heavy atom. The second kappa shape index (κ2) is 14.9. The molecule has 9 heteroatoms. The van der Waals surface area contributed by atoms with Crippen LogP contribution in [0, 0.1) is 0 Å². The van der Waals surface area contributed by atoms with Crippen LogP contribution in [-0.4, -0.2) is 45.0 Å². The van der Waals surface area contributed by atoms with Gasteiger partial charge in [0.1, 0.15) is 28.7 Å². The molecule has 0 atom stereocenters. The van der Waals surface area contributed by atoms with Crippen molar-refractivity contribution in [2.45, 2.75) is 59.3 Å². The van der Waals surface area contributed by atoms with Crippen LogP contribution in [0.1, 0.15) is 59.3 Å². The van der Waals surface area contributed by atoms with Crippen LogP contribution in [0.3, 0.4) is 0 Å². The summed E-state index contributed by atoms with van der Waals surface area (Å²) in [4.78, 5) is 14.1. The number of rotatable bonds is 15. The number of phenols is 2. The van der Waals surface area contributed by atoms with E-state index >= 15 is 0 Å². The summed E-state index contributed by atoms with van der Waals surface area (Å²) < 4.78 is 17.6. The first kappa shape index (κ1) is 30.4. The molecule has 4 aromatic rings. The Morgan fingerprint density at radius 2 is 1.00 bits per heavy atom. The van der Waals surface area contributed by atoms with Gasteiger partial charge in [-0.3, -0.25) is 0 Å². The molecule has 3 aromatic carbocycles. The fraction of sp³-hybridized carbons (Fsp3) is 0.364. The van der Waals surface area contributed by atoms with E-state index in [0.29, 0.717) is 65.3 Å². The summed E-state index contributed by atoms with van der Waals surface area (Å²) in [5.74, 6) is 2.35. The fourth-order valence-corrected chi connectivity index (χ4v) is 4.16. The van der Waals surface area contributed by atoms with Crippen LogP contribution in [0.15, 0.2) is 54.6 Å². The summed E-state index contributed by atoms with van der Waals surface area (Å²) in [5.41, 5.74) is 8.03. The zero-order valence-electron chi connectivity index (χ0n) is 24.6. The van der Waals surface area contributed by atoms with Gasteiger partial charge < -0.3 is 30.2 Å². The standard InChI is InChI=1S/C33H40N4O5/c1-4-7-16-40-23-11-14-25(28(38)20-23)31-35-32(26-15-12-24(21-29(26)39)41-17-8-5-2)37-33(36-31)27-13-10-22(34)19-30(27)42-18-9-6-3/h10-15,19-21,38-39H,4-9,16-18,34H2,1-3H3. The third-order valence-electron chi connectivity index (χ3n) is 6.59. The summed E-state index contributed by atoms with van der Waals surface area (Å²) in [5, 5.41) is 21.9. The van der Waals surface area contributed by atoms with E-state index in [1.165, 1.54) is 0 Å². The lowest BCUT2D eigenvalue weighted by molar-refractivity contribution is 0.307. The van der Waals surface area contributed by atoms with Crippen LogP contribution in [0.5, 0.6) is 28.7 Å². The highest BCUT2D eigenvalue weighted by Gasteiger charge is 2.19. The van der Waals surface area contributed by atoms with Gasteiger partial charge in [0.25, 0.3) is 0 Å². The number of ether oxygens (including phenoxy) is 3. The predicted octanol–water partition coefficient (Wildman–Crippen LogP) is 7.40. The van der Waals surface area contributed by atoms with Crippen LogP contribution >= 0.6 is 0 Å². The van der Waals surface area contributed by atoms with Gasteiger partial charge in [-0.1, -0.05) is 40.0 Å². The van der Waals surface area contributed by atoms with Crippen molar-refractivity contribution in [2.24, 2.45) is 0 Å². The van der Waals surface area contributed by atoms with E-state index in [1.807, 2.05) is 0 Å². The smallest absolute Gasteiger partial charge is 0.167 e. The largest absolute Gasteiger partial charge is 0.507 e. The molecule has 42 heavy (non-hydrogen) atoms. The molecule has 0 fully saturated rings. The first-order valence-electron chi connectivity index (χ1n) is 14.6. The molecule has 0 aliphatic carbocycles. The van der Waals surface area contributed by atoms with E-state index in [4.69, 9.17) is 29.9 Å². The van der Waals surface area contributed by atoms with Crippen LogP contribution in [0.2, 0.25) is 0 Å². The number of nitrogens with two attached hydrogens (primary N) is 1. The molecule has 0 saturated carbocycles. The van der Waals surface area contributed by atoms with Crippen LogP contribution < -0.4 is 19.9 Å². The van der Waals surface area contributed by atoms with Crippen LogP contribution in [0.25, 0.3) is 34.2 Å². The monoisotopic (exact) mass is 572 g/mol. The Bertz CT molecular complexity index is 1400. The number of aromatic hydroxyl groups is 2. The minimum absolute atomic E-state index is 0.0345. The van der Waals surface area contributed by atoms with Gasteiger partial charge in [-0.2, -0.15) is 0 Å². The van der Waals surface area contributed by atoms with Crippen molar-refractivity contribution < 1.29 is 24.4 Å². The molecule has 0 saturated heterocycles. The third kappa shape index (κ3) is 7.81. The lowest BCUT2D eigenvalue weighted by atomic mass is 10.1. The Morgan fingerprint density at radius 1 is 0.571 bits per heavy atom. The second-order valence-electron chi connectivity index (χ2n) is 10.0. The minimum Gasteiger partial charge on any atom is -0.507 e. The number of aromatic nitrogens is 3. The lowest BCUT2D eigenvalue weighted by Crippen LogP contribution is -2.04. The number of nitrogens with zero attached hydrogens (tertiary/aromatic N) is 3. The number of hydrogen-bond donors (Lipinski definition) is 3. The fourth-order valence-electron chi connectivity index (χ4n) is 4.16. The molecule has 0 aliphatic heterocycles. The minimum atomic E-state index is -0.0345. The molecule has 0 bridgehead atoms. The van der Waals surface area contributed by atoms with Gasteiger partial charge in [-0.05, 0) is 55.7 Å². The molecule has 222 valence electrons. The Hall–Kier alpha value is -4.53. The van der Waals surface area contributed by atoms with E-state index in [2.05, 4.69) is 25.8 Å². The summed E-state index contributed by atoms with van der Waals surface area (Å²) in [6.45, 7) is 7.90. The highest BCUT2D eigenvalue weighted by atomic mass is 16.5. The van der Waals surface area contributed by atoms with Crippen molar-refractivity contribution in [3.05, 3.63) is 54.6 Å². The van der Waals surface area contributed by atoms with Crippen LogP contribution in [-0.2, 0) is 0 Å². The molecular formula is C33H40N4O5. The van der Waals surface area contributed by atoms with E-state index in [9.17, 15) is 10.2 Å². The van der Waals surface area contributed by atoms with E-state index in [-0.39, 0.29) is 23.1 Å². The van der Waals surface area contributed by atoms with Crippen molar-refractivity contribution in [3.8, 4) is 62.9 Å². The molecule has 0 amide bonds. The molecule has 0 spiro atoms. The van der Waals surface area contributed by atoms with Gasteiger partial charge in [0.2, 0.25) is 0 Å². The SMILES string of the molecule is CCCCOc1ccc(-c2nc(-c3ccc(OCCCC)cc3O)nc(-c3ccc(N)cc3OCCCC)n2)c(O)c1. The molecular weight excluding hydrogens is 532 g/mol. The lowest BCUT2D eigenvalue weighted by Gasteiger charge is -2.14. The predicted molar refractivity (Wildman–Crippen MR) is 165 cm³/mol. The first-order chi connectivity index (χ1) is 20.4. The number of nitrogen functional groups attached to an aromatic ring is 1. The molecule has 4 N–H and O–H groups in total. The van der Waals surface area contributed by atoms with Gasteiger partial charge in [-0.25, -0.2) is 15.0 Å². The third-order valence-corrected chi connectivity index (χ3v) is 6.59. The number of unbranched alkanes of at least 4 members (excludes halogenated alkanes) is 3. The Kier molecular flexibility index (Phi) is 10.8.